The molecule has 1 N–H and O–H groups in total. The summed E-state index contributed by atoms with van der Waals surface area (Å²) in [6.45, 7) is 1.88. The molecule has 0 amide bonds. The van der Waals surface area contributed by atoms with Crippen LogP contribution in [0.25, 0.3) is 0 Å². The minimum atomic E-state index is -3.68. The second-order valence-electron chi connectivity index (χ2n) is 3.96. The number of pyridine rings is 1. The van der Waals surface area contributed by atoms with E-state index in [1.54, 1.807) is 12.1 Å². The van der Waals surface area contributed by atoms with Crippen LogP contribution in [-0.2, 0) is 10.0 Å². The van der Waals surface area contributed by atoms with Gasteiger partial charge in [0.25, 0.3) is 10.0 Å². The number of nitrogens with zero attached hydrogens (tertiary/aromatic N) is 2. The molecule has 1 aromatic carbocycles. The van der Waals surface area contributed by atoms with Crippen molar-refractivity contribution in [1.29, 1.82) is 5.26 Å². The number of hydrogen-bond acceptors (Lipinski definition) is 4. The van der Waals surface area contributed by atoms with Gasteiger partial charge in [-0.25, -0.2) is 13.4 Å². The van der Waals surface area contributed by atoms with Crippen molar-refractivity contribution >= 4 is 15.8 Å². The van der Waals surface area contributed by atoms with Gasteiger partial charge in [-0.1, -0.05) is 17.7 Å². The van der Waals surface area contributed by atoms with Crippen LogP contribution in [0.2, 0.25) is 0 Å². The third-order valence-electron chi connectivity index (χ3n) is 2.46. The molecule has 1 heterocycles. The number of aromatic nitrogens is 1. The van der Waals surface area contributed by atoms with Crippen LogP contribution in [0.3, 0.4) is 0 Å². The zero-order chi connectivity index (χ0) is 13.9. The normalized spacial score (nSPS) is 10.7. The van der Waals surface area contributed by atoms with E-state index in [1.165, 1.54) is 30.5 Å². The Morgan fingerprint density at radius 3 is 2.53 bits per heavy atom. The fraction of sp³-hybridized carbons (Fsp3) is 0.0769. The van der Waals surface area contributed by atoms with Crippen molar-refractivity contribution in [1.82, 2.24) is 4.98 Å². The Morgan fingerprint density at radius 1 is 1.21 bits per heavy atom. The SMILES string of the molecule is Cc1ccc(S(=O)(=O)Nc2cc(C#N)ccn2)cc1. The minimum absolute atomic E-state index is 0.125. The molecule has 0 aliphatic rings. The molecule has 6 heteroatoms. The van der Waals surface area contributed by atoms with Crippen LogP contribution >= 0.6 is 0 Å². The quantitative estimate of drug-likeness (QED) is 0.927. The lowest BCUT2D eigenvalue weighted by molar-refractivity contribution is 0.601. The van der Waals surface area contributed by atoms with Crippen molar-refractivity contribution in [2.45, 2.75) is 11.8 Å². The molecule has 0 saturated carbocycles. The molecule has 5 nitrogen and oxygen atoms in total. The third kappa shape index (κ3) is 3.09. The molecular weight excluding hydrogens is 262 g/mol. The standard InChI is InChI=1S/C13H11N3O2S/c1-10-2-4-12(5-3-10)19(17,18)16-13-8-11(9-14)6-7-15-13/h2-8H,1H3,(H,15,16). The van der Waals surface area contributed by atoms with Crippen molar-refractivity contribution in [3.63, 3.8) is 0 Å². The zero-order valence-electron chi connectivity index (χ0n) is 10.2. The molecule has 2 rings (SSSR count). The van der Waals surface area contributed by atoms with Crippen molar-refractivity contribution in [3.05, 3.63) is 53.7 Å². The van der Waals surface area contributed by atoms with Gasteiger partial charge in [-0.05, 0) is 31.2 Å². The van der Waals surface area contributed by atoms with E-state index < -0.39 is 10.0 Å². The predicted octanol–water partition coefficient (Wildman–Crippen LogP) is 2.06. The Morgan fingerprint density at radius 2 is 1.89 bits per heavy atom. The van der Waals surface area contributed by atoms with Gasteiger partial charge in [0.15, 0.2) is 0 Å². The van der Waals surface area contributed by atoms with Crippen molar-refractivity contribution in [2.24, 2.45) is 0 Å². The van der Waals surface area contributed by atoms with Crippen LogP contribution in [0.5, 0.6) is 0 Å². The summed E-state index contributed by atoms with van der Waals surface area (Å²) in [5.74, 6) is 0.125. The number of benzene rings is 1. The maximum absolute atomic E-state index is 12.1. The Kier molecular flexibility index (Phi) is 3.49. The maximum atomic E-state index is 12.1. The van der Waals surface area contributed by atoms with E-state index in [-0.39, 0.29) is 10.7 Å². The first-order chi connectivity index (χ1) is 9.01. The van der Waals surface area contributed by atoms with E-state index in [4.69, 9.17) is 5.26 Å². The monoisotopic (exact) mass is 273 g/mol. The van der Waals surface area contributed by atoms with E-state index in [0.29, 0.717) is 5.56 Å². The van der Waals surface area contributed by atoms with E-state index in [2.05, 4.69) is 9.71 Å². The van der Waals surface area contributed by atoms with Gasteiger partial charge in [0.2, 0.25) is 0 Å². The summed E-state index contributed by atoms with van der Waals surface area (Å²) in [5.41, 5.74) is 1.32. The van der Waals surface area contributed by atoms with Gasteiger partial charge in [0, 0.05) is 6.20 Å². The smallest absolute Gasteiger partial charge is 0.263 e. The molecule has 1 aromatic heterocycles. The zero-order valence-corrected chi connectivity index (χ0v) is 11.0. The van der Waals surface area contributed by atoms with E-state index in [0.717, 1.165) is 5.56 Å². The summed E-state index contributed by atoms with van der Waals surface area (Å²) >= 11 is 0. The first-order valence-electron chi connectivity index (χ1n) is 5.47. The van der Waals surface area contributed by atoms with Crippen LogP contribution in [0.4, 0.5) is 5.82 Å². The molecule has 2 aromatic rings. The highest BCUT2D eigenvalue weighted by molar-refractivity contribution is 7.92. The van der Waals surface area contributed by atoms with Gasteiger partial charge >= 0.3 is 0 Å². The lowest BCUT2D eigenvalue weighted by Gasteiger charge is -2.07. The van der Waals surface area contributed by atoms with Gasteiger partial charge < -0.3 is 0 Å². The molecule has 0 saturated heterocycles. The number of aryl methyl sites for hydroxylation is 1. The maximum Gasteiger partial charge on any atom is 0.263 e. The average molecular weight is 273 g/mol. The second-order valence-corrected chi connectivity index (χ2v) is 5.64. The van der Waals surface area contributed by atoms with Gasteiger partial charge in [-0.3, -0.25) is 4.72 Å². The molecule has 0 aliphatic heterocycles. The summed E-state index contributed by atoms with van der Waals surface area (Å²) in [5, 5.41) is 8.75. The van der Waals surface area contributed by atoms with Gasteiger partial charge in [-0.15, -0.1) is 0 Å². The second kappa shape index (κ2) is 5.08. The molecule has 96 valence electrons. The fourth-order valence-electron chi connectivity index (χ4n) is 1.47. The van der Waals surface area contributed by atoms with Crippen LogP contribution in [-0.4, -0.2) is 13.4 Å². The highest BCUT2D eigenvalue weighted by atomic mass is 32.2. The molecule has 0 aliphatic carbocycles. The molecular formula is C13H11N3O2S. The van der Waals surface area contributed by atoms with Crippen LogP contribution in [0, 0.1) is 18.3 Å². The molecule has 0 unspecified atom stereocenters. The predicted molar refractivity (Wildman–Crippen MR) is 70.9 cm³/mol. The summed E-state index contributed by atoms with van der Waals surface area (Å²) in [6.07, 6.45) is 1.38. The summed E-state index contributed by atoms with van der Waals surface area (Å²) in [6, 6.07) is 11.3. The minimum Gasteiger partial charge on any atom is -0.263 e. The molecule has 0 radical (unpaired) electrons. The fourth-order valence-corrected chi connectivity index (χ4v) is 2.47. The molecule has 0 spiro atoms. The highest BCUT2D eigenvalue weighted by Crippen LogP contribution is 2.15. The van der Waals surface area contributed by atoms with Gasteiger partial charge in [0.1, 0.15) is 5.82 Å². The lowest BCUT2D eigenvalue weighted by atomic mass is 10.2. The topological polar surface area (TPSA) is 82.9 Å². The summed E-state index contributed by atoms with van der Waals surface area (Å²) < 4.78 is 26.5. The van der Waals surface area contributed by atoms with E-state index >= 15 is 0 Å². The van der Waals surface area contributed by atoms with Crippen molar-refractivity contribution < 1.29 is 8.42 Å². The van der Waals surface area contributed by atoms with Crippen LogP contribution < -0.4 is 4.72 Å². The molecule has 0 atom stereocenters. The Hall–Kier alpha value is -2.39. The number of nitriles is 1. The Balaban J connectivity index is 2.31. The molecule has 0 fully saturated rings. The summed E-state index contributed by atoms with van der Waals surface area (Å²) in [4.78, 5) is 4.03. The number of hydrogen-bond donors (Lipinski definition) is 1. The van der Waals surface area contributed by atoms with Crippen LogP contribution in [0.1, 0.15) is 11.1 Å². The molecule has 0 bridgehead atoms. The van der Waals surface area contributed by atoms with E-state index in [9.17, 15) is 8.42 Å². The van der Waals surface area contributed by atoms with E-state index in [1.807, 2.05) is 13.0 Å². The first-order valence-corrected chi connectivity index (χ1v) is 6.95. The van der Waals surface area contributed by atoms with Gasteiger partial charge in [-0.2, -0.15) is 5.26 Å². The number of anilines is 1. The number of rotatable bonds is 3. The molecule has 19 heavy (non-hydrogen) atoms. The van der Waals surface area contributed by atoms with Crippen molar-refractivity contribution in [3.8, 4) is 6.07 Å². The Bertz CT molecular complexity index is 731. The third-order valence-corrected chi connectivity index (χ3v) is 3.83. The average Bonchev–Trinajstić information content (AvgIpc) is 2.39. The summed E-state index contributed by atoms with van der Waals surface area (Å²) in [7, 11) is -3.68. The number of nitrogens with one attached hydrogen (secondary N) is 1. The Labute approximate surface area is 111 Å². The first kappa shape index (κ1) is 13.1. The number of sulfonamides is 1. The highest BCUT2D eigenvalue weighted by Gasteiger charge is 2.14. The van der Waals surface area contributed by atoms with Crippen molar-refractivity contribution in [2.75, 3.05) is 4.72 Å². The van der Waals surface area contributed by atoms with Crippen LogP contribution in [0.15, 0.2) is 47.5 Å². The largest absolute Gasteiger partial charge is 0.263 e. The van der Waals surface area contributed by atoms with Gasteiger partial charge in [0.05, 0.1) is 16.5 Å². The lowest BCUT2D eigenvalue weighted by Crippen LogP contribution is -2.13.